The largest absolute Gasteiger partial charge is 0.478 e. The maximum atomic E-state index is 12.8. The summed E-state index contributed by atoms with van der Waals surface area (Å²) < 4.78 is 36.7. The number of hydrogen-bond acceptors (Lipinski definition) is 7. The van der Waals surface area contributed by atoms with E-state index in [9.17, 15) is 18.0 Å². The Balaban J connectivity index is 1.71. The Kier molecular flexibility index (Phi) is 4.59. The molecule has 1 amide bonds. The van der Waals surface area contributed by atoms with Gasteiger partial charge < -0.3 is 18.9 Å². The predicted molar refractivity (Wildman–Crippen MR) is 86.3 cm³/mol. The molecule has 1 N–H and O–H groups in total. The van der Waals surface area contributed by atoms with Gasteiger partial charge in [-0.25, -0.2) is 13.2 Å². The van der Waals surface area contributed by atoms with E-state index in [4.69, 9.17) is 14.0 Å². The lowest BCUT2D eigenvalue weighted by Gasteiger charge is -2.33. The highest BCUT2D eigenvalue weighted by Crippen LogP contribution is 2.24. The third-order valence-corrected chi connectivity index (χ3v) is 6.29. The van der Waals surface area contributed by atoms with Crippen LogP contribution in [-0.4, -0.2) is 65.9 Å². The van der Waals surface area contributed by atoms with Gasteiger partial charge in [-0.1, -0.05) is 5.16 Å². The van der Waals surface area contributed by atoms with Gasteiger partial charge in [0.1, 0.15) is 16.9 Å². The number of rotatable bonds is 4. The fraction of sp³-hybridized carbons (Fsp3) is 0.400. The van der Waals surface area contributed by atoms with Crippen LogP contribution in [0.5, 0.6) is 0 Å². The van der Waals surface area contributed by atoms with Crippen molar-refractivity contribution in [2.75, 3.05) is 26.2 Å². The van der Waals surface area contributed by atoms with E-state index in [0.29, 0.717) is 0 Å². The Hall–Kier alpha value is -2.66. The molecular formula is C15H17N3O7S. The van der Waals surface area contributed by atoms with Crippen molar-refractivity contribution in [1.29, 1.82) is 0 Å². The van der Waals surface area contributed by atoms with E-state index in [1.807, 2.05) is 0 Å². The molecule has 0 saturated carbocycles. The minimum atomic E-state index is -3.76. The first-order valence-corrected chi connectivity index (χ1v) is 9.20. The average molecular weight is 383 g/mol. The molecule has 26 heavy (non-hydrogen) atoms. The summed E-state index contributed by atoms with van der Waals surface area (Å²) in [6.45, 7) is 3.61. The molecule has 1 aliphatic rings. The summed E-state index contributed by atoms with van der Waals surface area (Å²) >= 11 is 0. The molecule has 140 valence electrons. The Morgan fingerprint density at radius 1 is 1.19 bits per heavy atom. The molecule has 10 nitrogen and oxygen atoms in total. The van der Waals surface area contributed by atoms with Crippen LogP contribution in [0.1, 0.15) is 32.4 Å². The number of sulfonamides is 1. The van der Waals surface area contributed by atoms with Gasteiger partial charge in [-0.15, -0.1) is 0 Å². The van der Waals surface area contributed by atoms with Crippen molar-refractivity contribution in [1.82, 2.24) is 14.4 Å². The highest BCUT2D eigenvalue weighted by molar-refractivity contribution is 7.89. The van der Waals surface area contributed by atoms with Crippen LogP contribution in [0.2, 0.25) is 0 Å². The van der Waals surface area contributed by atoms with Gasteiger partial charge in [0, 0.05) is 32.2 Å². The molecule has 0 bridgehead atoms. The third kappa shape index (κ3) is 3.10. The number of piperazine rings is 1. The Morgan fingerprint density at radius 2 is 1.85 bits per heavy atom. The number of carbonyl (C=O) groups excluding carboxylic acids is 1. The van der Waals surface area contributed by atoms with Gasteiger partial charge in [-0.3, -0.25) is 4.79 Å². The fourth-order valence-electron chi connectivity index (χ4n) is 2.82. The second-order valence-electron chi connectivity index (χ2n) is 5.85. The van der Waals surface area contributed by atoms with E-state index < -0.39 is 21.9 Å². The SMILES string of the molecule is Cc1noc(C)c1S(=O)(=O)N1CCN(C(=O)c2cc(C(=O)O)co2)CC1. The van der Waals surface area contributed by atoms with Gasteiger partial charge in [0.15, 0.2) is 11.5 Å². The molecule has 0 aromatic carbocycles. The molecule has 0 radical (unpaired) electrons. The number of nitrogens with zero attached hydrogens (tertiary/aromatic N) is 3. The molecule has 3 rings (SSSR count). The first-order valence-electron chi connectivity index (χ1n) is 7.76. The zero-order valence-electron chi connectivity index (χ0n) is 14.1. The Labute approximate surface area is 149 Å². The van der Waals surface area contributed by atoms with E-state index in [2.05, 4.69) is 5.16 Å². The summed E-state index contributed by atoms with van der Waals surface area (Å²) in [7, 11) is -3.76. The van der Waals surface area contributed by atoms with Crippen molar-refractivity contribution >= 4 is 21.9 Å². The van der Waals surface area contributed by atoms with E-state index in [1.54, 1.807) is 6.92 Å². The van der Waals surface area contributed by atoms with Gasteiger partial charge in [-0.05, 0) is 13.8 Å². The molecule has 1 fully saturated rings. The van der Waals surface area contributed by atoms with Gasteiger partial charge >= 0.3 is 5.97 Å². The first-order chi connectivity index (χ1) is 12.2. The zero-order chi connectivity index (χ0) is 19.1. The molecule has 0 spiro atoms. The minimum Gasteiger partial charge on any atom is -0.478 e. The molecule has 11 heteroatoms. The summed E-state index contributed by atoms with van der Waals surface area (Å²) in [5.41, 5.74) is 0.172. The molecule has 0 atom stereocenters. The molecule has 1 aliphatic heterocycles. The number of furan rings is 1. The van der Waals surface area contributed by atoms with Gasteiger partial charge in [0.2, 0.25) is 10.0 Å². The van der Waals surface area contributed by atoms with Crippen LogP contribution >= 0.6 is 0 Å². The summed E-state index contributed by atoms with van der Waals surface area (Å²) in [5, 5.41) is 12.5. The van der Waals surface area contributed by atoms with Crippen LogP contribution in [0.3, 0.4) is 0 Å². The molecule has 2 aromatic heterocycles. The topological polar surface area (TPSA) is 134 Å². The summed E-state index contributed by atoms with van der Waals surface area (Å²) in [6.07, 6.45) is 0.994. The van der Waals surface area contributed by atoms with Crippen molar-refractivity contribution in [2.45, 2.75) is 18.7 Å². The molecule has 2 aromatic rings. The summed E-state index contributed by atoms with van der Waals surface area (Å²) in [4.78, 5) is 24.7. The molecule has 0 unspecified atom stereocenters. The number of carbonyl (C=O) groups is 2. The number of aromatic nitrogens is 1. The summed E-state index contributed by atoms with van der Waals surface area (Å²) in [5.74, 6) is -1.54. The van der Waals surface area contributed by atoms with Crippen molar-refractivity contribution in [3.63, 3.8) is 0 Å². The van der Waals surface area contributed by atoms with Crippen LogP contribution in [-0.2, 0) is 10.0 Å². The second-order valence-corrected chi connectivity index (χ2v) is 7.73. The smallest absolute Gasteiger partial charge is 0.338 e. The molecule has 0 aliphatic carbocycles. The number of amides is 1. The lowest BCUT2D eigenvalue weighted by Crippen LogP contribution is -2.50. The Bertz CT molecular complexity index is 932. The molecular weight excluding hydrogens is 366 g/mol. The zero-order valence-corrected chi connectivity index (χ0v) is 14.9. The van der Waals surface area contributed by atoms with Gasteiger partial charge in [0.25, 0.3) is 5.91 Å². The van der Waals surface area contributed by atoms with Gasteiger partial charge in [0.05, 0.1) is 5.56 Å². The number of hydrogen-bond donors (Lipinski definition) is 1. The van der Waals surface area contributed by atoms with E-state index in [1.165, 1.54) is 16.1 Å². The normalized spacial score (nSPS) is 16.0. The van der Waals surface area contributed by atoms with Gasteiger partial charge in [-0.2, -0.15) is 4.31 Å². The monoisotopic (exact) mass is 383 g/mol. The average Bonchev–Trinajstić information content (AvgIpc) is 3.21. The Morgan fingerprint density at radius 3 is 2.35 bits per heavy atom. The van der Waals surface area contributed by atoms with Crippen LogP contribution in [0.15, 0.2) is 26.2 Å². The van der Waals surface area contributed by atoms with Crippen LogP contribution in [0, 0.1) is 13.8 Å². The number of carboxylic acids is 1. The number of aryl methyl sites for hydroxylation is 2. The standard InChI is InChI=1S/C15H17N3O7S/c1-9-13(10(2)25-16-9)26(22,23)18-5-3-17(4-6-18)14(19)12-7-11(8-24-12)15(20)21/h7-8H,3-6H2,1-2H3,(H,20,21). The fourth-order valence-corrected chi connectivity index (χ4v) is 4.53. The van der Waals surface area contributed by atoms with E-state index in [0.717, 1.165) is 12.3 Å². The maximum Gasteiger partial charge on any atom is 0.338 e. The van der Waals surface area contributed by atoms with Crippen molar-refractivity contribution in [3.05, 3.63) is 35.1 Å². The highest BCUT2D eigenvalue weighted by atomic mass is 32.2. The molecule has 1 saturated heterocycles. The second kappa shape index (κ2) is 6.57. The van der Waals surface area contributed by atoms with Crippen LogP contribution in [0.25, 0.3) is 0 Å². The number of aromatic carboxylic acids is 1. The third-order valence-electron chi connectivity index (χ3n) is 4.15. The van der Waals surface area contributed by atoms with Crippen LogP contribution in [0.4, 0.5) is 0 Å². The predicted octanol–water partition coefficient (Wildman–Crippen LogP) is 0.729. The van der Waals surface area contributed by atoms with Crippen molar-refractivity contribution in [3.8, 4) is 0 Å². The highest BCUT2D eigenvalue weighted by Gasteiger charge is 2.34. The maximum absolute atomic E-state index is 12.8. The number of carboxylic acid groups (broad SMARTS) is 1. The van der Waals surface area contributed by atoms with E-state index >= 15 is 0 Å². The quantitative estimate of drug-likeness (QED) is 0.816. The first kappa shape index (κ1) is 18.1. The van der Waals surface area contributed by atoms with Crippen LogP contribution < -0.4 is 0 Å². The summed E-state index contributed by atoms with van der Waals surface area (Å²) in [6, 6.07) is 1.15. The van der Waals surface area contributed by atoms with Crippen molar-refractivity contribution in [2.24, 2.45) is 0 Å². The minimum absolute atomic E-state index is 0.0504. The molecule has 3 heterocycles. The van der Waals surface area contributed by atoms with Crippen molar-refractivity contribution < 1.29 is 32.1 Å². The van der Waals surface area contributed by atoms with E-state index in [-0.39, 0.29) is 53.9 Å². The lowest BCUT2D eigenvalue weighted by atomic mass is 10.2. The lowest BCUT2D eigenvalue weighted by molar-refractivity contribution is 0.0664.